The lowest BCUT2D eigenvalue weighted by molar-refractivity contribution is -0.145. The van der Waals surface area contributed by atoms with Gasteiger partial charge in [0.2, 0.25) is 5.91 Å². The summed E-state index contributed by atoms with van der Waals surface area (Å²) >= 11 is 0. The second-order valence-corrected chi connectivity index (χ2v) is 9.85. The van der Waals surface area contributed by atoms with E-state index in [1.165, 1.54) is 4.90 Å². The number of aliphatic carboxylic acids is 1. The number of rotatable bonds is 7. The zero-order chi connectivity index (χ0) is 24.9. The third kappa shape index (κ3) is 3.36. The molecule has 0 spiro atoms. The van der Waals surface area contributed by atoms with Crippen LogP contribution >= 0.6 is 0 Å². The highest BCUT2D eigenvalue weighted by Crippen LogP contribution is 2.45. The van der Waals surface area contributed by atoms with Gasteiger partial charge in [0.15, 0.2) is 5.54 Å². The van der Waals surface area contributed by atoms with Crippen LogP contribution in [0.1, 0.15) is 52.3 Å². The summed E-state index contributed by atoms with van der Waals surface area (Å²) in [7, 11) is 0. The number of benzene rings is 1. The van der Waals surface area contributed by atoms with Gasteiger partial charge in [-0.15, -0.1) is 0 Å². The fourth-order valence-corrected chi connectivity index (χ4v) is 5.30. The second kappa shape index (κ2) is 8.45. The molecule has 0 saturated carbocycles. The van der Waals surface area contributed by atoms with Crippen molar-refractivity contribution in [1.29, 1.82) is 0 Å². The Labute approximate surface area is 198 Å². The van der Waals surface area contributed by atoms with Gasteiger partial charge in [0, 0.05) is 17.4 Å². The van der Waals surface area contributed by atoms with Crippen LogP contribution in [-0.2, 0) is 26.3 Å². The lowest BCUT2D eigenvalue weighted by Gasteiger charge is -2.36. The number of amides is 4. The highest BCUT2D eigenvalue weighted by atomic mass is 16.4. The molecule has 0 aliphatic carbocycles. The number of nitrogens with one attached hydrogen (secondary N) is 2. The summed E-state index contributed by atoms with van der Waals surface area (Å²) in [6, 6.07) is 5.02. The standard InChI is InChI=1S/C25H32N4O5/c1-6-14(4)18(22(31)32)27-21(30)19(13(2)3)29-23(33)25(5)20-16(11-12-28(25)24(29)34)15-9-7-8-10-17(15)26-20/h7-10,13-14,18-19,26H,6,11-12H2,1-5H3,(H,27,30)(H,31,32). The third-order valence-corrected chi connectivity index (χ3v) is 7.45. The number of carbonyl (C=O) groups excluding carboxylic acids is 3. The first-order valence-corrected chi connectivity index (χ1v) is 11.8. The molecule has 34 heavy (non-hydrogen) atoms. The number of urea groups is 1. The Morgan fingerprint density at radius 3 is 2.50 bits per heavy atom. The predicted molar refractivity (Wildman–Crippen MR) is 126 cm³/mol. The number of carboxylic acids is 1. The van der Waals surface area contributed by atoms with Crippen LogP contribution in [0.2, 0.25) is 0 Å². The first-order valence-electron chi connectivity index (χ1n) is 11.8. The minimum absolute atomic E-state index is 0.308. The molecule has 1 fully saturated rings. The summed E-state index contributed by atoms with van der Waals surface area (Å²) in [6.07, 6.45) is 1.15. The predicted octanol–water partition coefficient (Wildman–Crippen LogP) is 2.84. The van der Waals surface area contributed by atoms with Crippen LogP contribution in [0.25, 0.3) is 10.9 Å². The molecule has 2 aliphatic rings. The summed E-state index contributed by atoms with van der Waals surface area (Å²) in [6.45, 7) is 9.15. The molecule has 1 saturated heterocycles. The molecule has 182 valence electrons. The van der Waals surface area contributed by atoms with E-state index >= 15 is 0 Å². The second-order valence-electron chi connectivity index (χ2n) is 9.85. The van der Waals surface area contributed by atoms with Gasteiger partial charge in [-0.1, -0.05) is 52.3 Å². The number of fused-ring (bicyclic) bond motifs is 5. The Morgan fingerprint density at radius 1 is 1.21 bits per heavy atom. The first kappa shape index (κ1) is 23.8. The fourth-order valence-electron chi connectivity index (χ4n) is 5.30. The van der Waals surface area contributed by atoms with Crippen LogP contribution in [0.3, 0.4) is 0 Å². The number of para-hydroxylation sites is 1. The smallest absolute Gasteiger partial charge is 0.328 e. The van der Waals surface area contributed by atoms with Crippen LogP contribution in [0.5, 0.6) is 0 Å². The number of hydrogen-bond acceptors (Lipinski definition) is 4. The van der Waals surface area contributed by atoms with Crippen molar-refractivity contribution in [2.24, 2.45) is 11.8 Å². The number of aromatic nitrogens is 1. The van der Waals surface area contributed by atoms with Gasteiger partial charge in [-0.3, -0.25) is 9.59 Å². The molecule has 2 aliphatic heterocycles. The summed E-state index contributed by atoms with van der Waals surface area (Å²) in [5.41, 5.74) is 1.31. The summed E-state index contributed by atoms with van der Waals surface area (Å²) in [4.78, 5) is 58.5. The van der Waals surface area contributed by atoms with Gasteiger partial charge in [0.25, 0.3) is 5.91 Å². The van der Waals surface area contributed by atoms with Gasteiger partial charge in [0.1, 0.15) is 12.1 Å². The normalized spacial score (nSPS) is 22.5. The molecule has 4 amide bonds. The summed E-state index contributed by atoms with van der Waals surface area (Å²) in [5, 5.41) is 13.2. The van der Waals surface area contributed by atoms with Gasteiger partial charge in [-0.05, 0) is 36.8 Å². The summed E-state index contributed by atoms with van der Waals surface area (Å²) < 4.78 is 0. The topological polar surface area (TPSA) is 123 Å². The lowest BCUT2D eigenvalue weighted by Crippen LogP contribution is -2.57. The van der Waals surface area contributed by atoms with Crippen molar-refractivity contribution in [3.63, 3.8) is 0 Å². The molecule has 4 atom stereocenters. The Bertz CT molecular complexity index is 1170. The van der Waals surface area contributed by atoms with E-state index < -0.39 is 47.4 Å². The molecule has 9 heteroatoms. The van der Waals surface area contributed by atoms with Crippen molar-refractivity contribution < 1.29 is 24.3 Å². The van der Waals surface area contributed by atoms with E-state index in [4.69, 9.17) is 0 Å². The van der Waals surface area contributed by atoms with Crippen LogP contribution in [0.15, 0.2) is 24.3 Å². The first-order chi connectivity index (χ1) is 16.0. The molecule has 9 nitrogen and oxygen atoms in total. The minimum atomic E-state index is -1.26. The average molecular weight is 469 g/mol. The minimum Gasteiger partial charge on any atom is -0.480 e. The Kier molecular flexibility index (Phi) is 5.91. The number of carboxylic acid groups (broad SMARTS) is 1. The largest absolute Gasteiger partial charge is 0.480 e. The number of carbonyl (C=O) groups is 4. The van der Waals surface area contributed by atoms with Crippen molar-refractivity contribution >= 4 is 34.7 Å². The number of H-pyrrole nitrogens is 1. The van der Waals surface area contributed by atoms with Gasteiger partial charge in [-0.25, -0.2) is 14.5 Å². The number of aromatic amines is 1. The monoisotopic (exact) mass is 468 g/mol. The fraction of sp³-hybridized carbons (Fsp3) is 0.520. The molecule has 4 rings (SSSR count). The molecule has 0 bridgehead atoms. The molecule has 0 radical (unpaired) electrons. The van der Waals surface area contributed by atoms with Crippen LogP contribution < -0.4 is 5.32 Å². The molecule has 2 aromatic rings. The van der Waals surface area contributed by atoms with E-state index in [1.807, 2.05) is 31.2 Å². The number of hydrogen-bond donors (Lipinski definition) is 3. The Morgan fingerprint density at radius 2 is 1.88 bits per heavy atom. The number of nitrogens with zero attached hydrogens (tertiary/aromatic N) is 2. The highest BCUT2D eigenvalue weighted by Gasteiger charge is 2.61. The van der Waals surface area contributed by atoms with Crippen molar-refractivity contribution in [2.45, 2.75) is 65.1 Å². The van der Waals surface area contributed by atoms with Crippen molar-refractivity contribution in [2.75, 3.05) is 6.54 Å². The van der Waals surface area contributed by atoms with E-state index in [2.05, 4.69) is 10.3 Å². The number of imide groups is 1. The average Bonchev–Trinajstić information content (AvgIpc) is 3.27. The molecule has 3 N–H and O–H groups in total. The van der Waals surface area contributed by atoms with E-state index in [-0.39, 0.29) is 5.92 Å². The molecule has 4 unspecified atom stereocenters. The van der Waals surface area contributed by atoms with E-state index in [9.17, 15) is 24.3 Å². The van der Waals surface area contributed by atoms with Crippen molar-refractivity contribution in [3.05, 3.63) is 35.5 Å². The SMILES string of the molecule is CCC(C)C(NC(=O)C(C(C)C)N1C(=O)N2CCc3c([nH]c4ccccc34)C2(C)C1=O)C(=O)O. The highest BCUT2D eigenvalue weighted by molar-refractivity contribution is 6.11. The van der Waals surface area contributed by atoms with Gasteiger partial charge in [0.05, 0.1) is 5.69 Å². The van der Waals surface area contributed by atoms with Crippen molar-refractivity contribution in [1.82, 2.24) is 20.1 Å². The van der Waals surface area contributed by atoms with Gasteiger partial charge >= 0.3 is 12.0 Å². The Balaban J connectivity index is 1.73. The maximum atomic E-state index is 13.9. The molecule has 3 heterocycles. The molecular weight excluding hydrogens is 436 g/mol. The van der Waals surface area contributed by atoms with Gasteiger partial charge in [-0.2, -0.15) is 0 Å². The molecule has 1 aromatic heterocycles. The lowest BCUT2D eigenvalue weighted by atomic mass is 9.86. The van der Waals surface area contributed by atoms with Crippen LogP contribution in [-0.4, -0.2) is 62.3 Å². The van der Waals surface area contributed by atoms with E-state index in [0.29, 0.717) is 25.1 Å². The molecule has 1 aromatic carbocycles. The van der Waals surface area contributed by atoms with E-state index in [1.54, 1.807) is 27.7 Å². The van der Waals surface area contributed by atoms with Gasteiger partial charge < -0.3 is 20.3 Å². The molecular formula is C25H32N4O5. The van der Waals surface area contributed by atoms with Crippen molar-refractivity contribution in [3.8, 4) is 0 Å². The third-order valence-electron chi connectivity index (χ3n) is 7.45. The van der Waals surface area contributed by atoms with Crippen LogP contribution in [0, 0.1) is 11.8 Å². The maximum Gasteiger partial charge on any atom is 0.328 e. The maximum absolute atomic E-state index is 13.9. The van der Waals surface area contributed by atoms with Crippen LogP contribution in [0.4, 0.5) is 4.79 Å². The quantitative estimate of drug-likeness (QED) is 0.539. The summed E-state index contributed by atoms with van der Waals surface area (Å²) in [5.74, 6) is -2.97. The van der Waals surface area contributed by atoms with E-state index in [0.717, 1.165) is 21.4 Å². The Hall–Kier alpha value is -3.36. The zero-order valence-electron chi connectivity index (χ0n) is 20.2. The zero-order valence-corrected chi connectivity index (χ0v) is 20.2.